The van der Waals surface area contributed by atoms with Crippen molar-refractivity contribution in [3.8, 4) is 11.4 Å². The zero-order chi connectivity index (χ0) is 47.3. The fourth-order valence-electron chi connectivity index (χ4n) is 9.33. The number of likely N-dealkylation sites (N-methyl/N-ethyl adjacent to an activating group) is 1. The molecule has 0 radical (unpaired) electrons. The second-order valence-electron chi connectivity index (χ2n) is 18.3. The second-order valence-corrected chi connectivity index (χ2v) is 18.3. The summed E-state index contributed by atoms with van der Waals surface area (Å²) < 4.78 is 15.7. The smallest absolute Gasteiger partial charge is 0.324 e. The Hall–Kier alpha value is -5.94. The molecule has 0 unspecified atom stereocenters. The number of hydrogen-bond acceptors (Lipinski definition) is 11. The number of carbonyl (C=O) groups excluding carboxylic acids is 5. The maximum atomic E-state index is 14.6. The van der Waals surface area contributed by atoms with Crippen LogP contribution in [0, 0.1) is 17.3 Å². The van der Waals surface area contributed by atoms with Crippen LogP contribution >= 0.6 is 0 Å². The summed E-state index contributed by atoms with van der Waals surface area (Å²) in [6.45, 7) is 23.1. The van der Waals surface area contributed by atoms with Gasteiger partial charge in [-0.25, -0.2) is 15.1 Å². The minimum Gasteiger partial charge on any atom is -0.464 e. The number of likely N-dealkylation sites (tertiary alicyclic amines) is 1. The van der Waals surface area contributed by atoms with E-state index in [-0.39, 0.29) is 50.1 Å². The first-order valence-electron chi connectivity index (χ1n) is 22.6. The number of hydrogen-bond donors (Lipinski definition) is 2. The molecule has 6 rings (SSSR count). The van der Waals surface area contributed by atoms with Crippen LogP contribution in [-0.2, 0) is 53.0 Å². The van der Waals surface area contributed by atoms with E-state index >= 15 is 0 Å². The van der Waals surface area contributed by atoms with Crippen LogP contribution in [0.15, 0.2) is 60.5 Å². The number of esters is 1. The predicted octanol–water partition coefficient (Wildman–Crippen LogP) is 4.57. The highest BCUT2D eigenvalue weighted by atomic mass is 16.5. The third kappa shape index (κ3) is 10.3. The number of methoxy groups -OCH3 is 1. The zero-order valence-corrected chi connectivity index (χ0v) is 39.4. The first-order chi connectivity index (χ1) is 31.0. The number of rotatable bonds is 12. The van der Waals surface area contributed by atoms with Gasteiger partial charge in [0.2, 0.25) is 17.7 Å². The van der Waals surface area contributed by atoms with E-state index in [0.29, 0.717) is 44.6 Å². The summed E-state index contributed by atoms with van der Waals surface area (Å²) in [6, 6.07) is 3.14. The molecular formula is C48H66N10O7. The minimum atomic E-state index is -1.18. The van der Waals surface area contributed by atoms with E-state index in [4.69, 9.17) is 24.5 Å². The number of nitrogens with one attached hydrogen (secondary N) is 2. The Labute approximate surface area is 381 Å². The Balaban J connectivity index is 1.42. The van der Waals surface area contributed by atoms with Crippen LogP contribution in [0.25, 0.3) is 27.9 Å². The zero-order valence-electron chi connectivity index (χ0n) is 39.4. The largest absolute Gasteiger partial charge is 0.464 e. The van der Waals surface area contributed by atoms with E-state index < -0.39 is 47.2 Å². The van der Waals surface area contributed by atoms with Crippen molar-refractivity contribution in [2.24, 2.45) is 22.2 Å². The highest BCUT2D eigenvalue weighted by Crippen LogP contribution is 2.40. The van der Waals surface area contributed by atoms with Gasteiger partial charge in [-0.3, -0.25) is 34.0 Å². The maximum absolute atomic E-state index is 14.6. The fourth-order valence-corrected chi connectivity index (χ4v) is 9.33. The van der Waals surface area contributed by atoms with E-state index in [1.54, 1.807) is 25.3 Å². The van der Waals surface area contributed by atoms with Crippen molar-refractivity contribution in [1.82, 2.24) is 44.9 Å². The number of aryl methyl sites for hydroxylation is 1. The molecule has 0 aliphatic carbocycles. The van der Waals surface area contributed by atoms with Gasteiger partial charge >= 0.3 is 5.97 Å². The van der Waals surface area contributed by atoms with E-state index in [1.807, 2.05) is 45.9 Å². The Morgan fingerprint density at radius 1 is 1.12 bits per heavy atom. The van der Waals surface area contributed by atoms with Crippen molar-refractivity contribution in [3.63, 3.8) is 0 Å². The number of allylic oxidation sites excluding steroid dienone is 2. The molecule has 350 valence electrons. The van der Waals surface area contributed by atoms with Gasteiger partial charge in [-0.1, -0.05) is 46.9 Å². The molecule has 5 atom stereocenters. The molecule has 17 heteroatoms. The quantitative estimate of drug-likeness (QED) is 0.113. The number of benzene rings is 1. The molecule has 1 aromatic carbocycles. The molecule has 65 heavy (non-hydrogen) atoms. The Morgan fingerprint density at radius 3 is 2.54 bits per heavy atom. The van der Waals surface area contributed by atoms with Crippen LogP contribution in [0.1, 0.15) is 79.0 Å². The van der Waals surface area contributed by atoms with Gasteiger partial charge in [0, 0.05) is 74.0 Å². The molecule has 17 nitrogen and oxygen atoms in total. The van der Waals surface area contributed by atoms with Crippen LogP contribution in [-0.4, -0.2) is 135 Å². The van der Waals surface area contributed by atoms with Crippen LogP contribution in [0.3, 0.4) is 0 Å². The van der Waals surface area contributed by atoms with Crippen molar-refractivity contribution in [2.45, 2.75) is 111 Å². The van der Waals surface area contributed by atoms with Gasteiger partial charge < -0.3 is 29.2 Å². The lowest BCUT2D eigenvalue weighted by Gasteiger charge is -2.37. The van der Waals surface area contributed by atoms with Crippen LogP contribution in [0.5, 0.6) is 0 Å². The number of aromatic nitrogens is 4. The van der Waals surface area contributed by atoms with E-state index in [2.05, 4.69) is 55.3 Å². The fraction of sp³-hybridized carbons (Fsp3) is 0.542. The molecule has 0 spiro atoms. The molecule has 3 aromatic rings. The third-order valence-electron chi connectivity index (χ3n) is 12.7. The van der Waals surface area contributed by atoms with E-state index in [0.717, 1.165) is 39.0 Å². The summed E-state index contributed by atoms with van der Waals surface area (Å²) in [7, 11) is 3.23. The molecule has 2 fully saturated rings. The number of nitrogens with zero attached hydrogens (tertiary/aromatic N) is 8. The Morgan fingerprint density at radius 2 is 1.88 bits per heavy atom. The summed E-state index contributed by atoms with van der Waals surface area (Å²) >= 11 is 0. The van der Waals surface area contributed by atoms with Gasteiger partial charge in [-0.15, -0.1) is 0 Å². The molecular weight excluding hydrogens is 829 g/mol. The van der Waals surface area contributed by atoms with Crippen molar-refractivity contribution < 1.29 is 33.4 Å². The van der Waals surface area contributed by atoms with E-state index in [1.165, 1.54) is 27.0 Å². The van der Waals surface area contributed by atoms with Gasteiger partial charge in [-0.05, 0) is 82.2 Å². The summed E-state index contributed by atoms with van der Waals surface area (Å²) in [5.74, 6) is -2.43. The van der Waals surface area contributed by atoms with Crippen molar-refractivity contribution in [3.05, 3.63) is 66.8 Å². The summed E-state index contributed by atoms with van der Waals surface area (Å²) in [6.07, 6.45) is 7.92. The summed E-state index contributed by atoms with van der Waals surface area (Å²) in [5, 5.41) is 10.1. The maximum Gasteiger partial charge on any atom is 0.324 e. The van der Waals surface area contributed by atoms with Gasteiger partial charge in [0.1, 0.15) is 24.5 Å². The highest BCUT2D eigenvalue weighted by molar-refractivity contribution is 5.96. The van der Waals surface area contributed by atoms with Gasteiger partial charge in [-0.2, -0.15) is 5.10 Å². The summed E-state index contributed by atoms with van der Waals surface area (Å²) in [5.41, 5.74) is 7.76. The SMILES string of the molecule is C=CC(=O)N1CC[C@H](C(=O)N(C)[C@H](C(=O)N[C@H]2Cn3cnc(n3)-c3ccc4c(c3)c(c(/C(C=C)=C(/N=C\C)[C@H](C)OC)n4CC)CC(C)(C)COC(=O)[C@@H]3CCCN(N3)C2=O)C(C)C)C1. The number of fused-ring (bicyclic) bond motifs is 6. The first kappa shape index (κ1) is 48.5. The van der Waals surface area contributed by atoms with Crippen molar-refractivity contribution >= 4 is 52.3 Å². The number of hydrazine groups is 1. The van der Waals surface area contributed by atoms with Crippen LogP contribution in [0.4, 0.5) is 0 Å². The molecule has 5 heterocycles. The number of ether oxygens (including phenoxy) is 2. The normalized spacial score (nSPS) is 21.7. The highest BCUT2D eigenvalue weighted by Gasteiger charge is 2.40. The third-order valence-corrected chi connectivity index (χ3v) is 12.7. The number of amides is 4. The molecule has 2 saturated heterocycles. The lowest BCUT2D eigenvalue weighted by molar-refractivity contribution is -0.155. The predicted molar refractivity (Wildman–Crippen MR) is 249 cm³/mol. The average molecular weight is 895 g/mol. The molecule has 4 amide bonds. The number of aliphatic imine (C=N–C) groups is 1. The molecule has 0 saturated carbocycles. The number of carbonyl (C=O) groups is 5. The van der Waals surface area contributed by atoms with Crippen molar-refractivity contribution in [2.75, 3.05) is 40.4 Å². The lowest BCUT2D eigenvalue weighted by Crippen LogP contribution is -2.62. The molecule has 3 aliphatic rings. The average Bonchev–Trinajstić information content (AvgIpc) is 4.05. The summed E-state index contributed by atoms with van der Waals surface area (Å²) in [4.78, 5) is 81.4. The van der Waals surface area contributed by atoms with Gasteiger partial charge in [0.25, 0.3) is 5.91 Å². The molecule has 6 bridgehead atoms. The van der Waals surface area contributed by atoms with E-state index in [9.17, 15) is 24.0 Å². The van der Waals surface area contributed by atoms with Crippen LogP contribution in [0.2, 0.25) is 0 Å². The Kier molecular flexibility index (Phi) is 15.3. The lowest BCUT2D eigenvalue weighted by atomic mass is 9.84. The molecule has 2 aromatic heterocycles. The molecule has 2 N–H and O–H groups in total. The number of cyclic esters (lactones) is 1. The standard InChI is InChI=1S/C48H66N10O7/c1-12-33(40(49-14-3)30(7)64-11)42-35-24-48(8,9)27-65-47(63)36-17-16-21-58(52-36)46(62)37(26-56-28-50-43(53-56)31-18-19-38(34(35)23-31)57(42)15-4)51-44(60)41(29(5)6)54(10)45(61)32-20-22-55(25-32)39(59)13-2/h12-14,18-19,23,28-30,32,36-37,41,52H,1-2,15-17,20-22,24-27H2,3-11H3,(H,51,60)/b40-33+,49-14-/t30-,32-,36-,37-,41-/m0/s1. The monoisotopic (exact) mass is 895 g/mol. The first-order valence-corrected chi connectivity index (χ1v) is 22.6. The molecule has 3 aliphatic heterocycles. The Bertz CT molecular complexity index is 2380. The van der Waals surface area contributed by atoms with Gasteiger partial charge in [0.15, 0.2) is 5.82 Å². The minimum absolute atomic E-state index is 0.0917. The van der Waals surface area contributed by atoms with Crippen LogP contribution < -0.4 is 10.7 Å². The second kappa shape index (κ2) is 20.5. The van der Waals surface area contributed by atoms with Gasteiger partial charge in [0.05, 0.1) is 36.6 Å². The topological polar surface area (TPSA) is 186 Å². The van der Waals surface area contributed by atoms with Crippen molar-refractivity contribution in [1.29, 1.82) is 0 Å².